The maximum absolute atomic E-state index is 12.2. The molecule has 2 saturated heterocycles. The van der Waals surface area contributed by atoms with Crippen LogP contribution in [0.3, 0.4) is 0 Å². The van der Waals surface area contributed by atoms with Crippen LogP contribution in [0.15, 0.2) is 11.1 Å². The molecule has 4 heteroatoms. The fourth-order valence-electron chi connectivity index (χ4n) is 9.55. The van der Waals surface area contributed by atoms with Gasteiger partial charge < -0.3 is 9.94 Å². The number of allylic oxidation sites excluding steroid dienone is 1. The van der Waals surface area contributed by atoms with Crippen molar-refractivity contribution in [3.05, 3.63) is 11.1 Å². The first-order valence-corrected chi connectivity index (χ1v) is 13.2. The van der Waals surface area contributed by atoms with Crippen molar-refractivity contribution < 1.29 is 14.7 Å². The normalized spacial score (nSPS) is 52.5. The Kier molecular flexibility index (Phi) is 4.81. The summed E-state index contributed by atoms with van der Waals surface area (Å²) in [7, 11) is 0. The molecule has 2 aliphatic heterocycles. The molecule has 6 aliphatic rings. The van der Waals surface area contributed by atoms with E-state index in [0.29, 0.717) is 23.0 Å². The maximum Gasteiger partial charge on any atom is 0.133 e. The Morgan fingerprint density at radius 2 is 1.97 bits per heavy atom. The van der Waals surface area contributed by atoms with Gasteiger partial charge in [0.2, 0.25) is 0 Å². The number of carbonyl (C=O) groups excluding carboxylic acids is 1. The fourth-order valence-corrected chi connectivity index (χ4v) is 9.55. The lowest BCUT2D eigenvalue weighted by atomic mass is 9.52. The van der Waals surface area contributed by atoms with Crippen LogP contribution in [-0.4, -0.2) is 40.3 Å². The van der Waals surface area contributed by atoms with Crippen LogP contribution in [0.25, 0.3) is 0 Å². The monoisotopic (exact) mass is 427 g/mol. The molecule has 0 amide bonds. The van der Waals surface area contributed by atoms with Gasteiger partial charge in [-0.3, -0.25) is 4.79 Å². The Morgan fingerprint density at radius 3 is 2.77 bits per heavy atom. The number of hydroxylamine groups is 2. The lowest BCUT2D eigenvalue weighted by molar-refractivity contribution is -0.166. The van der Waals surface area contributed by atoms with Gasteiger partial charge in [-0.1, -0.05) is 25.0 Å². The average molecular weight is 428 g/mol. The lowest BCUT2D eigenvalue weighted by Crippen LogP contribution is -2.47. The summed E-state index contributed by atoms with van der Waals surface area (Å²) in [5.41, 5.74) is 3.64. The van der Waals surface area contributed by atoms with E-state index in [0.717, 1.165) is 69.2 Å². The van der Waals surface area contributed by atoms with Crippen molar-refractivity contribution >= 4 is 5.78 Å². The highest BCUT2D eigenvalue weighted by atomic mass is 16.5. The molecule has 1 N–H and O–H groups in total. The zero-order valence-electron chi connectivity index (χ0n) is 19.7. The first-order chi connectivity index (χ1) is 14.8. The van der Waals surface area contributed by atoms with E-state index in [1.165, 1.54) is 25.7 Å². The third-order valence-corrected chi connectivity index (χ3v) is 11.3. The average Bonchev–Trinajstić information content (AvgIpc) is 3.20. The highest BCUT2D eigenvalue weighted by Crippen LogP contribution is 2.65. The number of nitrogens with zero attached hydrogens (tertiary/aromatic N) is 1. The molecule has 5 fully saturated rings. The van der Waals surface area contributed by atoms with Crippen molar-refractivity contribution in [2.45, 2.75) is 109 Å². The molecule has 0 aromatic heterocycles. The lowest BCUT2D eigenvalue weighted by Gasteiger charge is -2.52. The molecule has 2 heterocycles. The van der Waals surface area contributed by atoms with E-state index in [-0.39, 0.29) is 17.7 Å². The Bertz CT molecular complexity index is 806. The number of piperidine rings is 1. The zero-order chi connectivity index (χ0) is 21.5. The van der Waals surface area contributed by atoms with Gasteiger partial charge in [-0.15, -0.1) is 0 Å². The molecule has 1 spiro atoms. The van der Waals surface area contributed by atoms with E-state index in [4.69, 9.17) is 4.74 Å². The van der Waals surface area contributed by atoms with Crippen molar-refractivity contribution in [1.29, 1.82) is 0 Å². The first-order valence-electron chi connectivity index (χ1n) is 13.2. The van der Waals surface area contributed by atoms with Gasteiger partial charge >= 0.3 is 0 Å². The summed E-state index contributed by atoms with van der Waals surface area (Å²) in [4.78, 5) is 12.2. The molecular weight excluding hydrogens is 386 g/mol. The number of rotatable bonds is 0. The molecule has 0 aromatic carbocycles. The summed E-state index contributed by atoms with van der Waals surface area (Å²) >= 11 is 0. The molecule has 0 radical (unpaired) electrons. The Balaban J connectivity index is 1.29. The van der Waals surface area contributed by atoms with Gasteiger partial charge in [-0.2, -0.15) is 5.06 Å². The summed E-state index contributed by atoms with van der Waals surface area (Å²) in [6.45, 7) is 8.06. The number of fused-ring (bicyclic) bond motifs is 6. The smallest absolute Gasteiger partial charge is 0.133 e. The van der Waals surface area contributed by atoms with E-state index < -0.39 is 0 Å². The number of hydrogen-bond donors (Lipinski definition) is 1. The minimum absolute atomic E-state index is 0.0874. The van der Waals surface area contributed by atoms with Crippen molar-refractivity contribution in [2.75, 3.05) is 6.54 Å². The summed E-state index contributed by atoms with van der Waals surface area (Å²) in [5, 5.41) is 12.2. The van der Waals surface area contributed by atoms with Gasteiger partial charge in [0.25, 0.3) is 0 Å². The van der Waals surface area contributed by atoms with Crippen LogP contribution in [0.2, 0.25) is 0 Å². The molecule has 0 aromatic rings. The van der Waals surface area contributed by atoms with E-state index in [1.807, 2.05) is 0 Å². The van der Waals surface area contributed by atoms with Gasteiger partial charge in [-0.05, 0) is 93.8 Å². The minimum atomic E-state index is -0.0874. The predicted molar refractivity (Wildman–Crippen MR) is 120 cm³/mol. The third-order valence-electron chi connectivity index (χ3n) is 11.3. The van der Waals surface area contributed by atoms with Crippen LogP contribution in [0, 0.1) is 35.0 Å². The number of ketones is 1. The highest BCUT2D eigenvalue weighted by Gasteiger charge is 2.59. The van der Waals surface area contributed by atoms with Gasteiger partial charge in [0.05, 0.1) is 17.7 Å². The highest BCUT2D eigenvalue weighted by molar-refractivity contribution is 5.79. The van der Waals surface area contributed by atoms with Crippen molar-refractivity contribution in [3.63, 3.8) is 0 Å². The Morgan fingerprint density at radius 1 is 1.13 bits per heavy atom. The summed E-state index contributed by atoms with van der Waals surface area (Å²) < 4.78 is 6.87. The number of ether oxygens (including phenoxy) is 1. The van der Waals surface area contributed by atoms with Crippen LogP contribution in [-0.2, 0) is 9.53 Å². The summed E-state index contributed by atoms with van der Waals surface area (Å²) in [5.74, 6) is 3.83. The molecule has 4 nitrogen and oxygen atoms in total. The van der Waals surface area contributed by atoms with Gasteiger partial charge in [0.15, 0.2) is 0 Å². The predicted octanol–water partition coefficient (Wildman–Crippen LogP) is 5.54. The molecule has 0 bridgehead atoms. The molecule has 4 aliphatic carbocycles. The molecule has 6 rings (SSSR count). The second-order valence-electron chi connectivity index (χ2n) is 12.4. The molecule has 172 valence electrons. The second kappa shape index (κ2) is 7.14. The summed E-state index contributed by atoms with van der Waals surface area (Å²) in [6.07, 6.45) is 12.4. The molecule has 1 unspecified atom stereocenters. The van der Waals surface area contributed by atoms with Crippen LogP contribution >= 0.6 is 0 Å². The minimum Gasteiger partial charge on any atom is -0.369 e. The fraction of sp³-hybridized carbons (Fsp3) is 0.889. The zero-order valence-corrected chi connectivity index (χ0v) is 19.7. The van der Waals surface area contributed by atoms with Gasteiger partial charge in [0, 0.05) is 25.3 Å². The summed E-state index contributed by atoms with van der Waals surface area (Å²) in [6, 6.07) is 0.173. The van der Waals surface area contributed by atoms with E-state index >= 15 is 0 Å². The molecular formula is C27H41NO3. The van der Waals surface area contributed by atoms with Crippen LogP contribution < -0.4 is 0 Å². The first kappa shape index (κ1) is 20.9. The van der Waals surface area contributed by atoms with E-state index in [9.17, 15) is 10.0 Å². The van der Waals surface area contributed by atoms with Crippen molar-refractivity contribution in [2.24, 2.45) is 35.0 Å². The van der Waals surface area contributed by atoms with Gasteiger partial charge in [0.1, 0.15) is 5.78 Å². The third kappa shape index (κ3) is 2.93. The Hall–Kier alpha value is -0.710. The molecule has 31 heavy (non-hydrogen) atoms. The van der Waals surface area contributed by atoms with Gasteiger partial charge in [-0.25, -0.2) is 0 Å². The quantitative estimate of drug-likeness (QED) is 0.516. The van der Waals surface area contributed by atoms with Crippen molar-refractivity contribution in [1.82, 2.24) is 5.06 Å². The van der Waals surface area contributed by atoms with Crippen molar-refractivity contribution in [3.8, 4) is 0 Å². The number of hydrogen-bond acceptors (Lipinski definition) is 4. The second-order valence-corrected chi connectivity index (χ2v) is 12.4. The van der Waals surface area contributed by atoms with Crippen LogP contribution in [0.4, 0.5) is 0 Å². The number of carbonyl (C=O) groups is 1. The molecule has 3 saturated carbocycles. The van der Waals surface area contributed by atoms with Crippen LogP contribution in [0.5, 0.6) is 0 Å². The molecule has 9 atom stereocenters. The maximum atomic E-state index is 12.2. The van der Waals surface area contributed by atoms with Crippen LogP contribution in [0.1, 0.15) is 91.4 Å². The standard InChI is InChI=1S/C27H41NO3/c1-16-15-27(17(2)25-24(31-27)5-4-12-28(25)30)11-9-20-21-7-6-18-13-19(29)8-10-26(18,3)23(21)14-22(16)20/h17-18,20-21,23-25,30H,4-15H2,1-3H3/t17-,18-,20+,21?,23+,24-,25+,26+,27+/m1/s1. The van der Waals surface area contributed by atoms with E-state index in [2.05, 4.69) is 20.8 Å². The largest absolute Gasteiger partial charge is 0.369 e. The van der Waals surface area contributed by atoms with E-state index in [1.54, 1.807) is 16.2 Å². The number of Topliss-reactive ketones (excluding diaryl/α,β-unsaturated/α-hetero) is 1. The SMILES string of the molecule is CC1=C2C[C@H]3C(CC[C@@H]4CC(=O)CC[C@@]43C)[C@@H]2CC[C@@]2(C1)O[C@@H]1CCCN(O)[C@H]1[C@H]2C. The topological polar surface area (TPSA) is 49.8 Å². The Labute approximate surface area is 187 Å².